The van der Waals surface area contributed by atoms with E-state index >= 15 is 0 Å². The van der Waals surface area contributed by atoms with E-state index in [2.05, 4.69) is 97.6 Å². The van der Waals surface area contributed by atoms with Crippen molar-refractivity contribution >= 4 is 66.4 Å². The molecule has 0 amide bonds. The molecule has 10 nitrogen and oxygen atoms in total. The van der Waals surface area contributed by atoms with Gasteiger partial charge in [-0.25, -0.2) is 15.0 Å². The smallest absolute Gasteiger partial charge is 0.106 e. The fraction of sp³-hybridized carbons (Fsp3) is 0.154. The molecule has 0 aromatic carbocycles. The monoisotopic (exact) mass is 878 g/mol. The maximum Gasteiger partial charge on any atom is 0.106 e. The SMILES string of the molecule is Brc1cccc(-c2ccc(C=NCCN(CCN=Cc3ccc(-c4cccc(Br)n4)nc3)CCN=Cc3ccc(-c4cccc(Br)n4)nc3)cn2)n1. The second-order valence-electron chi connectivity index (χ2n) is 11.4. The Morgan fingerprint density at radius 3 is 1.02 bits per heavy atom. The van der Waals surface area contributed by atoms with Crippen molar-refractivity contribution in [2.45, 2.75) is 0 Å². The summed E-state index contributed by atoms with van der Waals surface area (Å²) in [5.41, 5.74) is 7.69. The van der Waals surface area contributed by atoms with E-state index in [-0.39, 0.29) is 0 Å². The fourth-order valence-electron chi connectivity index (χ4n) is 5.00. The molecule has 0 aliphatic carbocycles. The van der Waals surface area contributed by atoms with Gasteiger partial charge in [-0.3, -0.25) is 34.8 Å². The zero-order valence-corrected chi connectivity index (χ0v) is 32.7. The lowest BCUT2D eigenvalue weighted by Crippen LogP contribution is -2.31. The fourth-order valence-corrected chi connectivity index (χ4v) is 6.03. The Kier molecular flexibility index (Phi) is 13.7. The van der Waals surface area contributed by atoms with E-state index < -0.39 is 0 Å². The van der Waals surface area contributed by atoms with E-state index in [0.29, 0.717) is 19.6 Å². The predicted octanol–water partition coefficient (Wildman–Crippen LogP) is 8.30. The molecular formula is C39H33Br3N10. The van der Waals surface area contributed by atoms with Crippen LogP contribution in [0, 0.1) is 0 Å². The van der Waals surface area contributed by atoms with Crippen LogP contribution in [0.25, 0.3) is 34.2 Å². The van der Waals surface area contributed by atoms with Crippen molar-refractivity contribution in [3.63, 3.8) is 0 Å². The summed E-state index contributed by atoms with van der Waals surface area (Å²) in [5.74, 6) is 0. The summed E-state index contributed by atoms with van der Waals surface area (Å²) in [5, 5.41) is 0. The molecule has 0 fully saturated rings. The number of pyridine rings is 6. The molecule has 0 aliphatic heterocycles. The third kappa shape index (κ3) is 11.4. The molecule has 0 atom stereocenters. The molecule has 6 aromatic rings. The molecule has 0 N–H and O–H groups in total. The lowest BCUT2D eigenvalue weighted by atomic mass is 10.2. The Balaban J connectivity index is 1.03. The van der Waals surface area contributed by atoms with Gasteiger partial charge >= 0.3 is 0 Å². The Labute approximate surface area is 327 Å². The van der Waals surface area contributed by atoms with Crippen LogP contribution in [0.15, 0.2) is 138 Å². The minimum absolute atomic E-state index is 0.631. The normalized spacial score (nSPS) is 11.8. The van der Waals surface area contributed by atoms with Crippen LogP contribution in [0.5, 0.6) is 0 Å². The number of halogens is 3. The first-order chi connectivity index (χ1) is 25.5. The highest BCUT2D eigenvalue weighted by atomic mass is 79.9. The van der Waals surface area contributed by atoms with Gasteiger partial charge in [-0.05, 0) is 121 Å². The van der Waals surface area contributed by atoms with Crippen LogP contribution >= 0.6 is 47.8 Å². The summed E-state index contributed by atoms with van der Waals surface area (Å²) in [6.45, 7) is 4.19. The van der Waals surface area contributed by atoms with E-state index in [9.17, 15) is 0 Å². The topological polar surface area (TPSA) is 118 Å². The first-order valence-corrected chi connectivity index (χ1v) is 18.9. The van der Waals surface area contributed by atoms with Gasteiger partial charge in [-0.2, -0.15) is 0 Å². The van der Waals surface area contributed by atoms with Gasteiger partial charge in [0, 0.05) is 73.6 Å². The third-order valence-electron chi connectivity index (χ3n) is 7.65. The van der Waals surface area contributed by atoms with E-state index in [0.717, 1.165) is 84.3 Å². The Morgan fingerprint density at radius 1 is 0.423 bits per heavy atom. The minimum atomic E-state index is 0.631. The maximum absolute atomic E-state index is 4.69. The summed E-state index contributed by atoms with van der Waals surface area (Å²) in [7, 11) is 0. The predicted molar refractivity (Wildman–Crippen MR) is 219 cm³/mol. The Morgan fingerprint density at radius 2 is 0.750 bits per heavy atom. The molecule has 52 heavy (non-hydrogen) atoms. The zero-order valence-electron chi connectivity index (χ0n) is 28.0. The first kappa shape index (κ1) is 37.1. The molecule has 0 radical (unpaired) electrons. The minimum Gasteiger partial charge on any atom is -0.298 e. The molecule has 13 heteroatoms. The molecule has 0 saturated carbocycles. The molecule has 0 aliphatic rings. The Bertz CT molecular complexity index is 1890. The van der Waals surface area contributed by atoms with Crippen LogP contribution in [0.4, 0.5) is 0 Å². The first-order valence-electron chi connectivity index (χ1n) is 16.5. The van der Waals surface area contributed by atoms with Gasteiger partial charge in [0.25, 0.3) is 0 Å². The van der Waals surface area contributed by atoms with E-state index in [1.54, 1.807) is 0 Å². The van der Waals surface area contributed by atoms with Crippen molar-refractivity contribution in [1.82, 2.24) is 34.8 Å². The van der Waals surface area contributed by atoms with Crippen molar-refractivity contribution in [2.24, 2.45) is 15.0 Å². The third-order valence-corrected chi connectivity index (χ3v) is 8.97. The molecule has 0 saturated heterocycles. The molecule has 0 spiro atoms. The van der Waals surface area contributed by atoms with Crippen molar-refractivity contribution in [3.8, 4) is 34.2 Å². The van der Waals surface area contributed by atoms with Crippen LogP contribution in [0.3, 0.4) is 0 Å². The highest BCUT2D eigenvalue weighted by Crippen LogP contribution is 2.19. The number of aromatic nitrogens is 6. The van der Waals surface area contributed by atoms with Crippen molar-refractivity contribution in [3.05, 3.63) is 140 Å². The number of rotatable bonds is 15. The quantitative estimate of drug-likeness (QED) is 0.0753. The maximum atomic E-state index is 4.69. The summed E-state index contributed by atoms with van der Waals surface area (Å²) in [6, 6.07) is 29.2. The molecule has 6 heterocycles. The second kappa shape index (κ2) is 19.2. The van der Waals surface area contributed by atoms with Crippen molar-refractivity contribution in [1.29, 1.82) is 0 Å². The van der Waals surface area contributed by atoms with Gasteiger partial charge < -0.3 is 0 Å². The molecule has 0 bridgehead atoms. The van der Waals surface area contributed by atoms with E-state index in [4.69, 9.17) is 0 Å². The average molecular weight is 881 g/mol. The van der Waals surface area contributed by atoms with Gasteiger partial charge in [0.15, 0.2) is 0 Å². The number of hydrogen-bond donors (Lipinski definition) is 0. The number of aliphatic imine (C=N–C) groups is 3. The summed E-state index contributed by atoms with van der Waals surface area (Å²) >= 11 is 10.3. The lowest BCUT2D eigenvalue weighted by molar-refractivity contribution is 0.298. The summed E-state index contributed by atoms with van der Waals surface area (Å²) in [4.78, 5) is 43.5. The molecule has 6 aromatic heterocycles. The van der Waals surface area contributed by atoms with Crippen molar-refractivity contribution < 1.29 is 0 Å². The van der Waals surface area contributed by atoms with Crippen LogP contribution in [-0.2, 0) is 0 Å². The lowest BCUT2D eigenvalue weighted by Gasteiger charge is -2.19. The van der Waals surface area contributed by atoms with Crippen LogP contribution in [0.2, 0.25) is 0 Å². The average Bonchev–Trinajstić information content (AvgIpc) is 3.17. The molecule has 260 valence electrons. The van der Waals surface area contributed by atoms with Crippen LogP contribution in [0.1, 0.15) is 16.7 Å². The summed E-state index contributed by atoms with van der Waals surface area (Å²) < 4.78 is 2.33. The molecule has 6 rings (SSSR count). The largest absolute Gasteiger partial charge is 0.298 e. The molecule has 0 unspecified atom stereocenters. The van der Waals surface area contributed by atoms with Crippen LogP contribution < -0.4 is 0 Å². The van der Waals surface area contributed by atoms with Crippen LogP contribution in [-0.4, -0.2) is 92.7 Å². The van der Waals surface area contributed by atoms with Gasteiger partial charge in [0.1, 0.15) is 13.8 Å². The standard InChI is InChI=1S/C39H33Br3N10/c40-37-7-1-4-34(49-37)31-13-10-28(25-46-31)22-43-16-19-52(20-17-44-23-29-11-14-32(47-26-29)35-5-2-8-38(41)50-35)21-18-45-24-30-12-15-33(48-27-30)36-6-3-9-39(42)51-36/h1-15,22-27H,16-21H2. The second-order valence-corrected chi connectivity index (χ2v) is 13.9. The number of hydrogen-bond acceptors (Lipinski definition) is 10. The highest BCUT2D eigenvalue weighted by molar-refractivity contribution is 9.11. The summed E-state index contributed by atoms with van der Waals surface area (Å²) in [6.07, 6.45) is 11.0. The van der Waals surface area contributed by atoms with Crippen molar-refractivity contribution in [2.75, 3.05) is 39.3 Å². The molecular weight excluding hydrogens is 848 g/mol. The van der Waals surface area contributed by atoms with Gasteiger partial charge in [-0.1, -0.05) is 18.2 Å². The zero-order chi connectivity index (χ0) is 36.0. The van der Waals surface area contributed by atoms with Gasteiger partial charge in [0.05, 0.1) is 53.8 Å². The number of nitrogens with zero attached hydrogens (tertiary/aromatic N) is 10. The van der Waals surface area contributed by atoms with Gasteiger partial charge in [-0.15, -0.1) is 0 Å². The Hall–Kier alpha value is -4.69. The van der Waals surface area contributed by atoms with E-state index in [1.165, 1.54) is 0 Å². The highest BCUT2D eigenvalue weighted by Gasteiger charge is 2.06. The van der Waals surface area contributed by atoms with E-state index in [1.807, 2.05) is 128 Å². The van der Waals surface area contributed by atoms with Gasteiger partial charge in [0.2, 0.25) is 0 Å².